The van der Waals surface area contributed by atoms with Gasteiger partial charge in [0.1, 0.15) is 0 Å². The molecule has 0 aliphatic carbocycles. The van der Waals surface area contributed by atoms with Crippen LogP contribution in [0.4, 0.5) is 0 Å². The summed E-state index contributed by atoms with van der Waals surface area (Å²) in [4.78, 5) is 0. The molecule has 0 fully saturated rings. The van der Waals surface area contributed by atoms with Crippen molar-refractivity contribution in [3.8, 4) is 11.5 Å². The topological polar surface area (TPSA) is 39.7 Å². The van der Waals surface area contributed by atoms with Crippen molar-refractivity contribution < 1.29 is 14.2 Å². The monoisotopic (exact) mass is 295 g/mol. The molecule has 0 heterocycles. The summed E-state index contributed by atoms with van der Waals surface area (Å²) in [7, 11) is 1.67. The summed E-state index contributed by atoms with van der Waals surface area (Å²) in [5, 5.41) is 3.43. The lowest BCUT2D eigenvalue weighted by atomic mass is 10.2. The van der Waals surface area contributed by atoms with E-state index in [0.717, 1.165) is 44.2 Å². The van der Waals surface area contributed by atoms with Gasteiger partial charge < -0.3 is 19.5 Å². The van der Waals surface area contributed by atoms with Crippen LogP contribution in [-0.2, 0) is 11.3 Å². The highest BCUT2D eigenvalue weighted by molar-refractivity contribution is 5.42. The van der Waals surface area contributed by atoms with Gasteiger partial charge in [-0.2, -0.15) is 0 Å². The summed E-state index contributed by atoms with van der Waals surface area (Å²) in [6.45, 7) is 10.4. The smallest absolute Gasteiger partial charge is 0.161 e. The summed E-state index contributed by atoms with van der Waals surface area (Å²) < 4.78 is 16.5. The minimum atomic E-state index is 0.638. The second-order valence-electron chi connectivity index (χ2n) is 5.41. The van der Waals surface area contributed by atoms with Crippen LogP contribution in [-0.4, -0.2) is 33.5 Å². The number of nitrogens with one attached hydrogen (secondary N) is 1. The van der Waals surface area contributed by atoms with E-state index in [0.29, 0.717) is 12.5 Å². The van der Waals surface area contributed by atoms with Gasteiger partial charge in [-0.05, 0) is 37.1 Å². The molecule has 4 nitrogen and oxygen atoms in total. The number of methoxy groups -OCH3 is 1. The molecule has 0 aromatic heterocycles. The molecular formula is C17H29NO3. The Hall–Kier alpha value is -1.26. The third-order valence-corrected chi connectivity index (χ3v) is 3.00. The average Bonchev–Trinajstić information content (AvgIpc) is 2.47. The van der Waals surface area contributed by atoms with Crippen LogP contribution in [0.25, 0.3) is 0 Å². The fraction of sp³-hybridized carbons (Fsp3) is 0.647. The molecule has 21 heavy (non-hydrogen) atoms. The molecule has 0 amide bonds. The number of benzene rings is 1. The first-order valence-corrected chi connectivity index (χ1v) is 7.75. The molecular weight excluding hydrogens is 266 g/mol. The van der Waals surface area contributed by atoms with Gasteiger partial charge in [-0.3, -0.25) is 0 Å². The number of hydrogen-bond acceptors (Lipinski definition) is 4. The molecule has 4 heteroatoms. The van der Waals surface area contributed by atoms with E-state index in [1.165, 1.54) is 5.56 Å². The maximum absolute atomic E-state index is 5.81. The summed E-state index contributed by atoms with van der Waals surface area (Å²) in [5.74, 6) is 2.23. The molecule has 0 saturated heterocycles. The van der Waals surface area contributed by atoms with Gasteiger partial charge in [-0.1, -0.05) is 19.9 Å². The zero-order valence-electron chi connectivity index (χ0n) is 13.8. The Morgan fingerprint density at radius 3 is 2.62 bits per heavy atom. The van der Waals surface area contributed by atoms with Crippen molar-refractivity contribution in [1.29, 1.82) is 0 Å². The van der Waals surface area contributed by atoms with Crippen molar-refractivity contribution in [2.75, 3.05) is 33.5 Å². The van der Waals surface area contributed by atoms with Crippen molar-refractivity contribution in [2.45, 2.75) is 33.7 Å². The zero-order chi connectivity index (χ0) is 15.5. The standard InChI is InChI=1S/C17H29NO3/c1-5-20-9-6-10-21-17-11-15(7-8-16(17)19-4)13-18-12-14(2)3/h7-8,11,14,18H,5-6,9-10,12-13H2,1-4H3. The van der Waals surface area contributed by atoms with E-state index >= 15 is 0 Å². The van der Waals surface area contributed by atoms with Crippen LogP contribution in [0.3, 0.4) is 0 Å². The van der Waals surface area contributed by atoms with Crippen molar-refractivity contribution in [3.05, 3.63) is 23.8 Å². The van der Waals surface area contributed by atoms with E-state index in [-0.39, 0.29) is 0 Å². The highest BCUT2D eigenvalue weighted by atomic mass is 16.5. The number of ether oxygens (including phenoxy) is 3. The van der Waals surface area contributed by atoms with E-state index in [1.54, 1.807) is 7.11 Å². The molecule has 1 rings (SSSR count). The molecule has 0 radical (unpaired) electrons. The number of hydrogen-bond donors (Lipinski definition) is 1. The van der Waals surface area contributed by atoms with Gasteiger partial charge in [0.25, 0.3) is 0 Å². The van der Waals surface area contributed by atoms with Gasteiger partial charge in [0, 0.05) is 26.2 Å². The highest BCUT2D eigenvalue weighted by Crippen LogP contribution is 2.28. The Kier molecular flexibility index (Phi) is 8.87. The van der Waals surface area contributed by atoms with Gasteiger partial charge in [0.05, 0.1) is 13.7 Å². The Morgan fingerprint density at radius 2 is 1.95 bits per heavy atom. The van der Waals surface area contributed by atoms with Gasteiger partial charge in [0.15, 0.2) is 11.5 Å². The molecule has 0 unspecified atom stereocenters. The van der Waals surface area contributed by atoms with E-state index in [9.17, 15) is 0 Å². The van der Waals surface area contributed by atoms with E-state index in [4.69, 9.17) is 14.2 Å². The first kappa shape index (κ1) is 17.8. The molecule has 1 aromatic carbocycles. The first-order valence-electron chi connectivity index (χ1n) is 7.75. The van der Waals surface area contributed by atoms with Crippen LogP contribution in [0.5, 0.6) is 11.5 Å². The number of rotatable bonds is 11. The molecule has 0 saturated carbocycles. The van der Waals surface area contributed by atoms with Gasteiger partial charge in [0.2, 0.25) is 0 Å². The van der Waals surface area contributed by atoms with Crippen LogP contribution < -0.4 is 14.8 Å². The fourth-order valence-corrected chi connectivity index (χ4v) is 1.94. The first-order chi connectivity index (χ1) is 10.2. The minimum absolute atomic E-state index is 0.638. The summed E-state index contributed by atoms with van der Waals surface area (Å²) in [6, 6.07) is 6.08. The van der Waals surface area contributed by atoms with Crippen LogP contribution >= 0.6 is 0 Å². The van der Waals surface area contributed by atoms with Crippen LogP contribution in [0.2, 0.25) is 0 Å². The highest BCUT2D eigenvalue weighted by Gasteiger charge is 2.06. The van der Waals surface area contributed by atoms with Crippen LogP contribution in [0.1, 0.15) is 32.8 Å². The lowest BCUT2D eigenvalue weighted by molar-refractivity contribution is 0.130. The van der Waals surface area contributed by atoms with Crippen LogP contribution in [0, 0.1) is 5.92 Å². The Morgan fingerprint density at radius 1 is 1.14 bits per heavy atom. The average molecular weight is 295 g/mol. The van der Waals surface area contributed by atoms with Crippen molar-refractivity contribution in [3.63, 3.8) is 0 Å². The van der Waals surface area contributed by atoms with Crippen LogP contribution in [0.15, 0.2) is 18.2 Å². The predicted molar refractivity (Wildman–Crippen MR) is 86.1 cm³/mol. The third kappa shape index (κ3) is 7.34. The predicted octanol–water partition coefficient (Wildman–Crippen LogP) is 3.25. The molecule has 1 aromatic rings. The second kappa shape index (κ2) is 10.5. The molecule has 0 aliphatic rings. The van der Waals surface area contributed by atoms with E-state index < -0.39 is 0 Å². The van der Waals surface area contributed by atoms with Gasteiger partial charge in [-0.25, -0.2) is 0 Å². The zero-order valence-corrected chi connectivity index (χ0v) is 13.8. The van der Waals surface area contributed by atoms with Gasteiger partial charge in [-0.15, -0.1) is 0 Å². The van der Waals surface area contributed by atoms with Crippen molar-refractivity contribution in [2.24, 2.45) is 5.92 Å². The Labute approximate surface area is 128 Å². The molecule has 120 valence electrons. The summed E-state index contributed by atoms with van der Waals surface area (Å²) >= 11 is 0. The molecule has 0 spiro atoms. The molecule has 0 bridgehead atoms. The Balaban J connectivity index is 2.50. The second-order valence-corrected chi connectivity index (χ2v) is 5.41. The normalized spacial score (nSPS) is 10.9. The summed E-state index contributed by atoms with van der Waals surface area (Å²) in [5.41, 5.74) is 1.20. The summed E-state index contributed by atoms with van der Waals surface area (Å²) in [6.07, 6.45) is 0.882. The largest absolute Gasteiger partial charge is 0.493 e. The maximum atomic E-state index is 5.81. The molecule has 0 atom stereocenters. The third-order valence-electron chi connectivity index (χ3n) is 3.00. The van der Waals surface area contributed by atoms with E-state index in [1.807, 2.05) is 19.1 Å². The van der Waals surface area contributed by atoms with Gasteiger partial charge >= 0.3 is 0 Å². The fourth-order valence-electron chi connectivity index (χ4n) is 1.94. The van der Waals surface area contributed by atoms with E-state index in [2.05, 4.69) is 25.2 Å². The molecule has 0 aliphatic heterocycles. The minimum Gasteiger partial charge on any atom is -0.493 e. The Bertz CT molecular complexity index is 394. The lowest BCUT2D eigenvalue weighted by Gasteiger charge is -2.13. The SMILES string of the molecule is CCOCCCOc1cc(CNCC(C)C)ccc1OC. The van der Waals surface area contributed by atoms with Crippen molar-refractivity contribution >= 4 is 0 Å². The van der Waals surface area contributed by atoms with Crippen molar-refractivity contribution in [1.82, 2.24) is 5.32 Å². The maximum Gasteiger partial charge on any atom is 0.161 e. The lowest BCUT2D eigenvalue weighted by Crippen LogP contribution is -2.19. The quantitative estimate of drug-likeness (QED) is 0.636. The molecule has 1 N–H and O–H groups in total.